The average Bonchev–Trinajstić information content (AvgIpc) is 3.05. The van der Waals surface area contributed by atoms with Crippen LogP contribution in [0.2, 0.25) is 0 Å². The Balaban J connectivity index is 1.74. The number of nitrogens with zero attached hydrogens (tertiary/aromatic N) is 2. The number of hydrogen-bond acceptors (Lipinski definition) is 5. The summed E-state index contributed by atoms with van der Waals surface area (Å²) in [6.45, 7) is 1.83. The fourth-order valence-electron chi connectivity index (χ4n) is 2.57. The molecule has 2 atom stereocenters. The van der Waals surface area contributed by atoms with Crippen molar-refractivity contribution < 1.29 is 9.21 Å². The topological polar surface area (TPSA) is 84.4 Å². The van der Waals surface area contributed by atoms with Gasteiger partial charge in [0.05, 0.1) is 5.92 Å². The van der Waals surface area contributed by atoms with Crippen LogP contribution in [0.5, 0.6) is 0 Å². The molecule has 3 aromatic rings. The fraction of sp³-hybridized carbons (Fsp3) is 0.263. The summed E-state index contributed by atoms with van der Waals surface area (Å²) in [4.78, 5) is 18.7. The van der Waals surface area contributed by atoms with Crippen molar-refractivity contribution in [3.05, 3.63) is 54.1 Å². The molecule has 6 heteroatoms. The Morgan fingerprint density at radius 2 is 1.92 bits per heavy atom. The van der Waals surface area contributed by atoms with Crippen molar-refractivity contribution in [2.24, 2.45) is 11.7 Å². The molecule has 0 spiro atoms. The van der Waals surface area contributed by atoms with Gasteiger partial charge in [-0.25, -0.2) is 0 Å². The van der Waals surface area contributed by atoms with Gasteiger partial charge in [-0.1, -0.05) is 37.3 Å². The maximum absolute atomic E-state index is 12.5. The number of rotatable bonds is 5. The van der Waals surface area contributed by atoms with Crippen LogP contribution in [0.3, 0.4) is 0 Å². The Morgan fingerprint density at radius 1 is 1.20 bits per heavy atom. The molecule has 0 saturated carbocycles. The monoisotopic (exact) mass is 338 g/mol. The molecule has 0 radical (unpaired) electrons. The van der Waals surface area contributed by atoms with Crippen LogP contribution < -0.4 is 16.0 Å². The van der Waals surface area contributed by atoms with Crippen LogP contribution in [0.1, 0.15) is 18.5 Å². The van der Waals surface area contributed by atoms with E-state index in [0.717, 1.165) is 5.56 Å². The molecule has 6 nitrogen and oxygen atoms in total. The van der Waals surface area contributed by atoms with Crippen molar-refractivity contribution in [2.75, 3.05) is 24.3 Å². The number of benzene rings is 2. The molecular weight excluding hydrogens is 316 g/mol. The number of hydrogen-bond donors (Lipinski definition) is 2. The lowest BCUT2D eigenvalue weighted by molar-refractivity contribution is -0.120. The Labute approximate surface area is 146 Å². The molecule has 0 aliphatic rings. The summed E-state index contributed by atoms with van der Waals surface area (Å²) in [7, 11) is 3.72. The second-order valence-electron chi connectivity index (χ2n) is 6.29. The molecule has 0 saturated heterocycles. The smallest absolute Gasteiger partial charge is 0.297 e. The van der Waals surface area contributed by atoms with E-state index in [2.05, 4.69) is 10.3 Å². The first-order chi connectivity index (χ1) is 12.0. The highest BCUT2D eigenvalue weighted by atomic mass is 16.4. The number of amides is 1. The number of nitrogens with two attached hydrogens (primary N) is 1. The minimum Gasteiger partial charge on any atom is -0.423 e. The molecule has 3 rings (SSSR count). The molecule has 25 heavy (non-hydrogen) atoms. The summed E-state index contributed by atoms with van der Waals surface area (Å²) < 4.78 is 5.62. The first-order valence-electron chi connectivity index (χ1n) is 8.15. The van der Waals surface area contributed by atoms with Crippen molar-refractivity contribution >= 4 is 28.7 Å². The second-order valence-corrected chi connectivity index (χ2v) is 6.29. The highest BCUT2D eigenvalue weighted by Crippen LogP contribution is 2.25. The van der Waals surface area contributed by atoms with Gasteiger partial charge >= 0.3 is 0 Å². The van der Waals surface area contributed by atoms with Crippen LogP contribution >= 0.6 is 0 Å². The van der Waals surface area contributed by atoms with Gasteiger partial charge in [0.1, 0.15) is 5.52 Å². The number of carbonyl (C=O) groups is 1. The first kappa shape index (κ1) is 17.0. The zero-order valence-electron chi connectivity index (χ0n) is 14.6. The molecule has 0 aliphatic carbocycles. The van der Waals surface area contributed by atoms with Gasteiger partial charge in [-0.2, -0.15) is 4.98 Å². The molecule has 3 N–H and O–H groups in total. The SMILES string of the molecule is CC(C(=O)Nc1ccc2oc(N(C)C)nc2c1)C(N)c1ccccc1. The third kappa shape index (κ3) is 3.64. The van der Waals surface area contributed by atoms with Gasteiger partial charge in [0.2, 0.25) is 5.91 Å². The standard InChI is InChI=1S/C19H22N4O2/c1-12(17(20)13-7-5-4-6-8-13)18(24)21-14-9-10-16-15(11-14)22-19(25-16)23(2)3/h4-12,17H,20H2,1-3H3,(H,21,24). The van der Waals surface area contributed by atoms with Gasteiger partial charge in [-0.05, 0) is 23.8 Å². The van der Waals surface area contributed by atoms with Gasteiger partial charge in [-0.15, -0.1) is 0 Å². The predicted molar refractivity (Wildman–Crippen MR) is 99.5 cm³/mol. The third-order valence-electron chi connectivity index (χ3n) is 4.16. The fourth-order valence-corrected chi connectivity index (χ4v) is 2.57. The van der Waals surface area contributed by atoms with Crippen LogP contribution in [0, 0.1) is 5.92 Å². The molecule has 130 valence electrons. The highest BCUT2D eigenvalue weighted by Gasteiger charge is 2.22. The van der Waals surface area contributed by atoms with Crippen molar-refractivity contribution in [3.8, 4) is 0 Å². The summed E-state index contributed by atoms with van der Waals surface area (Å²) in [6, 6.07) is 15.2. The van der Waals surface area contributed by atoms with Crippen LogP contribution in [0.15, 0.2) is 52.9 Å². The zero-order chi connectivity index (χ0) is 18.0. The molecule has 1 aromatic heterocycles. The van der Waals surface area contributed by atoms with Gasteiger partial charge in [0.15, 0.2) is 5.58 Å². The number of fused-ring (bicyclic) bond motifs is 1. The number of anilines is 2. The minimum atomic E-state index is -0.368. The lowest BCUT2D eigenvalue weighted by Gasteiger charge is -2.19. The number of nitrogens with one attached hydrogen (secondary N) is 1. The largest absolute Gasteiger partial charge is 0.423 e. The molecule has 2 aromatic carbocycles. The van der Waals surface area contributed by atoms with Crippen LogP contribution in [0.25, 0.3) is 11.1 Å². The maximum Gasteiger partial charge on any atom is 0.297 e. The summed E-state index contributed by atoms with van der Waals surface area (Å²) in [5, 5.41) is 2.91. The Bertz CT molecular complexity index is 874. The quantitative estimate of drug-likeness (QED) is 0.746. The number of aromatic nitrogens is 1. The van der Waals surface area contributed by atoms with E-state index in [4.69, 9.17) is 10.2 Å². The zero-order valence-corrected chi connectivity index (χ0v) is 14.6. The van der Waals surface area contributed by atoms with Crippen LogP contribution in [0.4, 0.5) is 11.7 Å². The molecule has 0 bridgehead atoms. The highest BCUT2D eigenvalue weighted by molar-refractivity contribution is 5.94. The summed E-state index contributed by atoms with van der Waals surface area (Å²) in [5.74, 6) is -0.500. The Hall–Kier alpha value is -2.86. The summed E-state index contributed by atoms with van der Waals surface area (Å²) >= 11 is 0. The number of carbonyl (C=O) groups excluding carboxylic acids is 1. The van der Waals surface area contributed by atoms with Crippen molar-refractivity contribution in [1.29, 1.82) is 0 Å². The lowest BCUT2D eigenvalue weighted by atomic mass is 9.94. The van der Waals surface area contributed by atoms with Crippen LogP contribution in [-0.2, 0) is 4.79 Å². The van der Waals surface area contributed by atoms with Crippen LogP contribution in [-0.4, -0.2) is 25.0 Å². The van der Waals surface area contributed by atoms with Crippen molar-refractivity contribution in [3.63, 3.8) is 0 Å². The van der Waals surface area contributed by atoms with E-state index in [-0.39, 0.29) is 17.9 Å². The van der Waals surface area contributed by atoms with E-state index in [1.165, 1.54) is 0 Å². The molecule has 0 aliphatic heterocycles. The second kappa shape index (κ2) is 6.94. The average molecular weight is 338 g/mol. The molecule has 1 amide bonds. The van der Waals surface area contributed by atoms with E-state index >= 15 is 0 Å². The Kier molecular flexibility index (Phi) is 4.72. The molecule has 2 unspecified atom stereocenters. The normalized spacial score (nSPS) is 13.4. The summed E-state index contributed by atoms with van der Waals surface area (Å²) in [6.07, 6.45) is 0. The van der Waals surface area contributed by atoms with Crippen molar-refractivity contribution in [1.82, 2.24) is 4.98 Å². The first-order valence-corrected chi connectivity index (χ1v) is 8.15. The molecular formula is C19H22N4O2. The number of oxazole rings is 1. The van der Waals surface area contributed by atoms with E-state index < -0.39 is 0 Å². The lowest BCUT2D eigenvalue weighted by Crippen LogP contribution is -2.30. The minimum absolute atomic E-state index is 0.132. The van der Waals surface area contributed by atoms with Gasteiger partial charge in [-0.3, -0.25) is 4.79 Å². The van der Waals surface area contributed by atoms with Gasteiger partial charge in [0.25, 0.3) is 6.01 Å². The molecule has 0 fully saturated rings. The van der Waals surface area contributed by atoms with Gasteiger partial charge < -0.3 is 20.4 Å². The van der Waals surface area contributed by atoms with E-state index in [9.17, 15) is 4.79 Å². The molecule has 1 heterocycles. The summed E-state index contributed by atoms with van der Waals surface area (Å²) in [5.41, 5.74) is 9.21. The van der Waals surface area contributed by atoms with Crippen molar-refractivity contribution in [2.45, 2.75) is 13.0 Å². The Morgan fingerprint density at radius 3 is 2.60 bits per heavy atom. The van der Waals surface area contributed by atoms with Gasteiger partial charge in [0, 0.05) is 25.8 Å². The maximum atomic E-state index is 12.5. The van der Waals surface area contributed by atoms with E-state index in [1.54, 1.807) is 23.1 Å². The van der Waals surface area contributed by atoms with E-state index in [0.29, 0.717) is 22.8 Å². The third-order valence-corrected chi connectivity index (χ3v) is 4.16. The predicted octanol–water partition coefficient (Wildman–Crippen LogP) is 3.17. The van der Waals surface area contributed by atoms with E-state index in [1.807, 2.05) is 51.4 Å².